The number of carbonyl (C=O) groups is 2. The first-order chi connectivity index (χ1) is 10.1. The molecule has 0 spiro atoms. The summed E-state index contributed by atoms with van der Waals surface area (Å²) >= 11 is 0. The van der Waals surface area contributed by atoms with Gasteiger partial charge in [-0.1, -0.05) is 12.1 Å². The molecule has 122 valence electrons. The SMILES string of the molecule is CCOC(=O)NC(CC(C)=O)(c1ccc(F)cc1)C(F)(F)F. The number of hydrogen-bond acceptors (Lipinski definition) is 3. The number of carbonyl (C=O) groups excluding carboxylic acids is 2. The molecule has 1 rings (SSSR count). The lowest BCUT2D eigenvalue weighted by atomic mass is 9.84. The molecule has 1 aromatic rings. The lowest BCUT2D eigenvalue weighted by molar-refractivity contribution is -0.201. The molecule has 1 aromatic carbocycles. The lowest BCUT2D eigenvalue weighted by Gasteiger charge is -2.36. The number of nitrogens with one attached hydrogen (secondary N) is 1. The van der Waals surface area contributed by atoms with Crippen molar-refractivity contribution >= 4 is 11.9 Å². The third kappa shape index (κ3) is 3.96. The Morgan fingerprint density at radius 2 is 1.73 bits per heavy atom. The van der Waals surface area contributed by atoms with Crippen molar-refractivity contribution in [3.63, 3.8) is 0 Å². The highest BCUT2D eigenvalue weighted by Crippen LogP contribution is 2.42. The number of amides is 1. The number of ether oxygens (including phenoxy) is 1. The van der Waals surface area contributed by atoms with Crippen LogP contribution < -0.4 is 5.32 Å². The summed E-state index contributed by atoms with van der Waals surface area (Å²) in [6.07, 6.45) is -7.32. The number of ketones is 1. The monoisotopic (exact) mass is 321 g/mol. The molecule has 1 atom stereocenters. The van der Waals surface area contributed by atoms with Crippen LogP contribution in [0, 0.1) is 5.82 Å². The number of alkyl halides is 3. The highest BCUT2D eigenvalue weighted by atomic mass is 19.4. The second kappa shape index (κ2) is 6.76. The first kappa shape index (κ1) is 17.9. The molecular formula is C14H15F4NO3. The minimum atomic E-state index is -4.98. The van der Waals surface area contributed by atoms with Crippen LogP contribution in [0.2, 0.25) is 0 Å². The van der Waals surface area contributed by atoms with Gasteiger partial charge < -0.3 is 10.1 Å². The minimum Gasteiger partial charge on any atom is -0.450 e. The number of alkyl carbamates (subject to hydrolysis) is 1. The van der Waals surface area contributed by atoms with Crippen molar-refractivity contribution < 1.29 is 31.9 Å². The Balaban J connectivity index is 3.40. The molecule has 0 bridgehead atoms. The first-order valence-corrected chi connectivity index (χ1v) is 6.39. The number of rotatable bonds is 5. The summed E-state index contributed by atoms with van der Waals surface area (Å²) in [7, 11) is 0. The van der Waals surface area contributed by atoms with Crippen molar-refractivity contribution in [2.75, 3.05) is 6.61 Å². The number of Topliss-reactive ketones (excluding diaryl/α,β-unsaturated/α-hetero) is 1. The van der Waals surface area contributed by atoms with Crippen molar-refractivity contribution in [3.05, 3.63) is 35.6 Å². The van der Waals surface area contributed by atoms with Gasteiger partial charge in [-0.3, -0.25) is 4.79 Å². The minimum absolute atomic E-state index is 0.136. The van der Waals surface area contributed by atoms with Gasteiger partial charge in [-0.15, -0.1) is 0 Å². The molecule has 0 saturated carbocycles. The van der Waals surface area contributed by atoms with Gasteiger partial charge in [0.1, 0.15) is 11.6 Å². The summed E-state index contributed by atoms with van der Waals surface area (Å²) in [6.45, 7) is 2.26. The topological polar surface area (TPSA) is 55.4 Å². The highest BCUT2D eigenvalue weighted by molar-refractivity contribution is 5.79. The van der Waals surface area contributed by atoms with E-state index in [2.05, 4.69) is 4.74 Å². The molecule has 0 fully saturated rings. The maximum absolute atomic E-state index is 13.6. The van der Waals surface area contributed by atoms with Gasteiger partial charge in [0.25, 0.3) is 0 Å². The van der Waals surface area contributed by atoms with Gasteiger partial charge in [-0.05, 0) is 31.5 Å². The van der Waals surface area contributed by atoms with E-state index < -0.39 is 41.4 Å². The second-order valence-electron chi connectivity index (χ2n) is 4.63. The van der Waals surface area contributed by atoms with E-state index in [1.54, 1.807) is 5.32 Å². The summed E-state index contributed by atoms with van der Waals surface area (Å²) in [5.41, 5.74) is -3.43. The fourth-order valence-corrected chi connectivity index (χ4v) is 2.00. The fraction of sp³-hybridized carbons (Fsp3) is 0.429. The molecule has 0 heterocycles. The molecule has 22 heavy (non-hydrogen) atoms. The van der Waals surface area contributed by atoms with Crippen LogP contribution in [0.25, 0.3) is 0 Å². The third-order valence-electron chi connectivity index (χ3n) is 2.93. The lowest BCUT2D eigenvalue weighted by Crippen LogP contribution is -2.57. The van der Waals surface area contributed by atoms with Gasteiger partial charge in [-0.25, -0.2) is 9.18 Å². The second-order valence-corrected chi connectivity index (χ2v) is 4.63. The molecule has 0 aliphatic rings. The van der Waals surface area contributed by atoms with Crippen molar-refractivity contribution in [1.82, 2.24) is 5.32 Å². The maximum atomic E-state index is 13.6. The summed E-state index contributed by atoms with van der Waals surface area (Å²) in [5.74, 6) is -1.53. The van der Waals surface area contributed by atoms with Gasteiger partial charge in [-0.2, -0.15) is 13.2 Å². The van der Waals surface area contributed by atoms with E-state index in [-0.39, 0.29) is 6.61 Å². The first-order valence-electron chi connectivity index (χ1n) is 6.39. The molecule has 0 saturated heterocycles. The molecule has 4 nitrogen and oxygen atoms in total. The van der Waals surface area contributed by atoms with E-state index in [9.17, 15) is 27.2 Å². The Morgan fingerprint density at radius 3 is 2.14 bits per heavy atom. The van der Waals surface area contributed by atoms with Gasteiger partial charge in [0, 0.05) is 6.42 Å². The van der Waals surface area contributed by atoms with Crippen LogP contribution in [-0.2, 0) is 15.1 Å². The van der Waals surface area contributed by atoms with Crippen LogP contribution in [0.1, 0.15) is 25.8 Å². The van der Waals surface area contributed by atoms with E-state index >= 15 is 0 Å². The van der Waals surface area contributed by atoms with Gasteiger partial charge in [0.05, 0.1) is 6.61 Å². The van der Waals surface area contributed by atoms with Crippen LogP contribution in [0.15, 0.2) is 24.3 Å². The quantitative estimate of drug-likeness (QED) is 0.847. The van der Waals surface area contributed by atoms with Crippen LogP contribution in [0.4, 0.5) is 22.4 Å². The van der Waals surface area contributed by atoms with Crippen LogP contribution in [0.3, 0.4) is 0 Å². The molecule has 1 amide bonds. The van der Waals surface area contributed by atoms with E-state index in [0.717, 1.165) is 31.2 Å². The highest BCUT2D eigenvalue weighted by Gasteiger charge is 2.58. The number of hydrogen-bond donors (Lipinski definition) is 1. The van der Waals surface area contributed by atoms with Crippen molar-refractivity contribution in [2.45, 2.75) is 32.0 Å². The predicted octanol–water partition coefficient (Wildman–Crippen LogP) is 3.31. The zero-order valence-corrected chi connectivity index (χ0v) is 12.0. The summed E-state index contributed by atoms with van der Waals surface area (Å²) in [6, 6.07) is 3.39. The molecule has 0 aliphatic carbocycles. The summed E-state index contributed by atoms with van der Waals surface area (Å²) < 4.78 is 58.3. The third-order valence-corrected chi connectivity index (χ3v) is 2.93. The Labute approximate surface area is 124 Å². The molecule has 0 aromatic heterocycles. The molecular weight excluding hydrogens is 306 g/mol. The van der Waals surface area contributed by atoms with Gasteiger partial charge >= 0.3 is 12.3 Å². The van der Waals surface area contributed by atoms with Crippen LogP contribution in [0.5, 0.6) is 0 Å². The van der Waals surface area contributed by atoms with E-state index in [4.69, 9.17) is 0 Å². The Hall–Kier alpha value is -2.12. The molecule has 0 radical (unpaired) electrons. The zero-order valence-electron chi connectivity index (χ0n) is 12.0. The van der Waals surface area contributed by atoms with Crippen LogP contribution in [-0.4, -0.2) is 24.7 Å². The average Bonchev–Trinajstić information content (AvgIpc) is 2.37. The van der Waals surface area contributed by atoms with E-state index in [1.807, 2.05) is 0 Å². The summed E-state index contributed by atoms with van der Waals surface area (Å²) in [5, 5.41) is 1.71. The van der Waals surface area contributed by atoms with Crippen LogP contribution >= 0.6 is 0 Å². The summed E-state index contributed by atoms with van der Waals surface area (Å²) in [4.78, 5) is 22.8. The Kier molecular flexibility index (Phi) is 5.51. The molecule has 1 N–H and O–H groups in total. The van der Waals surface area contributed by atoms with Gasteiger partial charge in [0.15, 0.2) is 5.54 Å². The molecule has 0 aliphatic heterocycles. The Bertz CT molecular complexity index is 542. The molecule has 1 unspecified atom stereocenters. The van der Waals surface area contributed by atoms with Gasteiger partial charge in [0.2, 0.25) is 0 Å². The van der Waals surface area contributed by atoms with Crippen molar-refractivity contribution in [3.8, 4) is 0 Å². The fourth-order valence-electron chi connectivity index (χ4n) is 2.00. The van der Waals surface area contributed by atoms with E-state index in [1.165, 1.54) is 6.92 Å². The Morgan fingerprint density at radius 1 is 1.18 bits per heavy atom. The van der Waals surface area contributed by atoms with Crippen molar-refractivity contribution in [1.29, 1.82) is 0 Å². The van der Waals surface area contributed by atoms with Crippen molar-refractivity contribution in [2.24, 2.45) is 0 Å². The average molecular weight is 321 g/mol. The maximum Gasteiger partial charge on any atom is 0.416 e. The molecule has 8 heteroatoms. The largest absolute Gasteiger partial charge is 0.450 e. The standard InChI is InChI=1S/C14H15F4NO3/c1-3-22-12(21)19-13(8-9(2)20,14(16,17)18)10-4-6-11(15)7-5-10/h4-7H,3,8H2,1-2H3,(H,19,21). The zero-order chi connectivity index (χ0) is 17.0. The normalized spacial score (nSPS) is 14.1. The number of benzene rings is 1. The predicted molar refractivity (Wildman–Crippen MR) is 69.6 cm³/mol. The number of halogens is 4. The van der Waals surface area contributed by atoms with E-state index in [0.29, 0.717) is 0 Å². The smallest absolute Gasteiger partial charge is 0.416 e.